The Kier molecular flexibility index (Phi) is 5.40. The number of amides is 1. The van der Waals surface area contributed by atoms with Crippen LogP contribution in [0.15, 0.2) is 0 Å². The number of piperidine rings is 1. The molecule has 1 spiro atoms. The zero-order valence-corrected chi connectivity index (χ0v) is 14.0. The molecule has 22 heavy (non-hydrogen) atoms. The Morgan fingerprint density at radius 2 is 1.95 bits per heavy atom. The highest BCUT2D eigenvalue weighted by atomic mass is 16.5. The lowest BCUT2D eigenvalue weighted by Crippen LogP contribution is -2.50. The topological polar surface area (TPSA) is 38.8 Å². The van der Waals surface area contributed by atoms with Gasteiger partial charge in [-0.1, -0.05) is 12.8 Å². The molecular weight excluding hydrogens is 278 g/mol. The fourth-order valence-corrected chi connectivity index (χ4v) is 4.76. The van der Waals surface area contributed by atoms with E-state index in [0.717, 1.165) is 58.6 Å². The molecule has 1 unspecified atom stereocenters. The molecule has 2 saturated heterocycles. The van der Waals surface area contributed by atoms with E-state index in [1.165, 1.54) is 25.7 Å². The number of hydrogen-bond acceptors (Lipinski definition) is 3. The molecule has 4 nitrogen and oxygen atoms in total. The third-order valence-electron chi connectivity index (χ3n) is 6.35. The second-order valence-corrected chi connectivity index (χ2v) is 7.57. The fraction of sp³-hybridized carbons (Fsp3) is 0.944. The Labute approximate surface area is 134 Å². The Balaban J connectivity index is 1.53. The first-order valence-corrected chi connectivity index (χ1v) is 9.08. The summed E-state index contributed by atoms with van der Waals surface area (Å²) in [6, 6.07) is 0. The summed E-state index contributed by atoms with van der Waals surface area (Å²) in [7, 11) is 1.78. The van der Waals surface area contributed by atoms with Gasteiger partial charge in [0.1, 0.15) is 0 Å². The van der Waals surface area contributed by atoms with E-state index in [2.05, 4.69) is 4.90 Å². The number of rotatable bonds is 4. The minimum Gasteiger partial charge on any atom is -0.384 e. The molecule has 1 saturated carbocycles. The molecule has 0 N–H and O–H groups in total. The first-order chi connectivity index (χ1) is 10.7. The van der Waals surface area contributed by atoms with Gasteiger partial charge in [0.15, 0.2) is 0 Å². The quantitative estimate of drug-likeness (QED) is 0.801. The maximum atomic E-state index is 12.5. The summed E-state index contributed by atoms with van der Waals surface area (Å²) in [5.41, 5.74) is 0.346. The van der Waals surface area contributed by atoms with Crippen LogP contribution in [0.2, 0.25) is 0 Å². The molecule has 1 aliphatic carbocycles. The van der Waals surface area contributed by atoms with E-state index in [1.807, 2.05) is 0 Å². The molecule has 0 aromatic rings. The highest BCUT2D eigenvalue weighted by Gasteiger charge is 2.44. The van der Waals surface area contributed by atoms with Crippen LogP contribution in [0.3, 0.4) is 0 Å². The fourth-order valence-electron chi connectivity index (χ4n) is 4.76. The molecule has 0 radical (unpaired) electrons. The van der Waals surface area contributed by atoms with Gasteiger partial charge in [-0.05, 0) is 43.4 Å². The maximum absolute atomic E-state index is 12.5. The summed E-state index contributed by atoms with van der Waals surface area (Å²) in [6.45, 7) is 4.35. The maximum Gasteiger partial charge on any atom is 0.222 e. The highest BCUT2D eigenvalue weighted by Crippen LogP contribution is 2.45. The summed E-state index contributed by atoms with van der Waals surface area (Å²) in [5.74, 6) is 1.56. The van der Waals surface area contributed by atoms with Crippen LogP contribution in [0, 0.1) is 17.3 Å². The smallest absolute Gasteiger partial charge is 0.222 e. The summed E-state index contributed by atoms with van der Waals surface area (Å²) in [6.07, 6.45) is 9.33. The lowest BCUT2D eigenvalue weighted by Gasteiger charge is -2.49. The van der Waals surface area contributed by atoms with E-state index in [4.69, 9.17) is 9.47 Å². The van der Waals surface area contributed by atoms with E-state index in [9.17, 15) is 4.79 Å². The van der Waals surface area contributed by atoms with E-state index in [0.29, 0.717) is 23.2 Å². The van der Waals surface area contributed by atoms with Crippen LogP contribution >= 0.6 is 0 Å². The molecule has 1 amide bonds. The van der Waals surface area contributed by atoms with E-state index in [1.54, 1.807) is 7.11 Å². The van der Waals surface area contributed by atoms with Gasteiger partial charge in [0, 0.05) is 39.1 Å². The van der Waals surface area contributed by atoms with Crippen molar-refractivity contribution in [1.82, 2.24) is 4.90 Å². The second-order valence-electron chi connectivity index (χ2n) is 7.57. The van der Waals surface area contributed by atoms with Gasteiger partial charge in [-0.15, -0.1) is 0 Å². The Hall–Kier alpha value is -0.610. The minimum atomic E-state index is 0.346. The first kappa shape index (κ1) is 16.3. The number of hydrogen-bond donors (Lipinski definition) is 0. The van der Waals surface area contributed by atoms with Crippen molar-refractivity contribution in [2.24, 2.45) is 17.3 Å². The zero-order chi connectivity index (χ0) is 15.4. The highest BCUT2D eigenvalue weighted by molar-refractivity contribution is 5.76. The number of likely N-dealkylation sites (tertiary alicyclic amines) is 1. The van der Waals surface area contributed by atoms with Crippen LogP contribution in [0.25, 0.3) is 0 Å². The van der Waals surface area contributed by atoms with Gasteiger partial charge in [0.2, 0.25) is 5.91 Å². The van der Waals surface area contributed by atoms with Crippen molar-refractivity contribution in [1.29, 1.82) is 0 Å². The van der Waals surface area contributed by atoms with Crippen LogP contribution in [-0.2, 0) is 14.3 Å². The lowest BCUT2D eigenvalue weighted by molar-refractivity contribution is -0.139. The summed E-state index contributed by atoms with van der Waals surface area (Å²) < 4.78 is 11.1. The summed E-state index contributed by atoms with van der Waals surface area (Å²) in [5, 5.41) is 0. The molecule has 3 rings (SSSR count). The van der Waals surface area contributed by atoms with Gasteiger partial charge < -0.3 is 14.4 Å². The van der Waals surface area contributed by atoms with Crippen molar-refractivity contribution in [2.45, 2.75) is 51.4 Å². The third-order valence-corrected chi connectivity index (χ3v) is 6.35. The summed E-state index contributed by atoms with van der Waals surface area (Å²) >= 11 is 0. The van der Waals surface area contributed by atoms with E-state index >= 15 is 0 Å². The SMILES string of the molecule is COCC1COCCC12CCN(C(=O)CC1CCCC1)CC2. The van der Waals surface area contributed by atoms with Crippen molar-refractivity contribution in [3.63, 3.8) is 0 Å². The molecular formula is C18H31NO3. The van der Waals surface area contributed by atoms with Gasteiger partial charge in [0.25, 0.3) is 0 Å². The molecule has 0 aromatic carbocycles. The van der Waals surface area contributed by atoms with Crippen LogP contribution < -0.4 is 0 Å². The number of ether oxygens (including phenoxy) is 2. The van der Waals surface area contributed by atoms with Gasteiger partial charge >= 0.3 is 0 Å². The molecule has 2 aliphatic heterocycles. The normalized spacial score (nSPS) is 29.1. The van der Waals surface area contributed by atoms with Gasteiger partial charge in [0.05, 0.1) is 13.2 Å². The van der Waals surface area contributed by atoms with Crippen LogP contribution in [0.4, 0.5) is 0 Å². The van der Waals surface area contributed by atoms with Crippen molar-refractivity contribution in [2.75, 3.05) is 40.0 Å². The Morgan fingerprint density at radius 3 is 2.64 bits per heavy atom. The molecule has 0 bridgehead atoms. The molecule has 126 valence electrons. The monoisotopic (exact) mass is 309 g/mol. The molecule has 0 aromatic heterocycles. The first-order valence-electron chi connectivity index (χ1n) is 9.08. The third kappa shape index (κ3) is 3.48. The van der Waals surface area contributed by atoms with Crippen molar-refractivity contribution >= 4 is 5.91 Å². The Morgan fingerprint density at radius 1 is 1.23 bits per heavy atom. The van der Waals surface area contributed by atoms with Gasteiger partial charge in [-0.25, -0.2) is 0 Å². The lowest BCUT2D eigenvalue weighted by atomic mass is 9.66. The van der Waals surface area contributed by atoms with Crippen molar-refractivity contribution < 1.29 is 14.3 Å². The Bertz CT molecular complexity index is 369. The summed E-state index contributed by atoms with van der Waals surface area (Å²) in [4.78, 5) is 14.6. The largest absolute Gasteiger partial charge is 0.384 e. The van der Waals surface area contributed by atoms with Crippen LogP contribution in [-0.4, -0.2) is 50.8 Å². The molecule has 4 heteroatoms. The van der Waals surface area contributed by atoms with Gasteiger partial charge in [-0.3, -0.25) is 4.79 Å². The average molecular weight is 309 g/mol. The van der Waals surface area contributed by atoms with Gasteiger partial charge in [-0.2, -0.15) is 0 Å². The molecule has 1 atom stereocenters. The zero-order valence-electron chi connectivity index (χ0n) is 14.0. The predicted octanol–water partition coefficient (Wildman–Crippen LogP) is 2.86. The van der Waals surface area contributed by atoms with Crippen molar-refractivity contribution in [3.8, 4) is 0 Å². The standard InChI is InChI=1S/C18H31NO3/c1-21-13-16-14-22-11-8-18(16)6-9-19(10-7-18)17(20)12-15-4-2-3-5-15/h15-16H,2-14H2,1H3. The van der Waals surface area contributed by atoms with E-state index < -0.39 is 0 Å². The van der Waals surface area contributed by atoms with Crippen LogP contribution in [0.1, 0.15) is 51.4 Å². The molecule has 3 aliphatic rings. The molecule has 2 heterocycles. The molecule has 3 fully saturated rings. The predicted molar refractivity (Wildman–Crippen MR) is 85.6 cm³/mol. The average Bonchev–Trinajstić information content (AvgIpc) is 3.03. The minimum absolute atomic E-state index is 0.346. The number of methoxy groups -OCH3 is 1. The second kappa shape index (κ2) is 7.31. The van der Waals surface area contributed by atoms with Crippen molar-refractivity contribution in [3.05, 3.63) is 0 Å². The number of carbonyl (C=O) groups excluding carboxylic acids is 1. The number of nitrogens with zero attached hydrogens (tertiary/aromatic N) is 1. The van der Waals surface area contributed by atoms with E-state index in [-0.39, 0.29) is 0 Å². The number of carbonyl (C=O) groups is 1. The van der Waals surface area contributed by atoms with Crippen LogP contribution in [0.5, 0.6) is 0 Å².